The van der Waals surface area contributed by atoms with Crippen LogP contribution in [0.1, 0.15) is 37.8 Å². The summed E-state index contributed by atoms with van der Waals surface area (Å²) in [4.78, 5) is 52.6. The predicted octanol–water partition coefficient (Wildman–Crippen LogP) is 1.34. The number of nitrogens with one attached hydrogen (secondary N) is 9. The number of aliphatic imine (C=N–C) groups is 2. The molecule has 4 aromatic rings. The number of hydrogen-bond acceptors (Lipinski definition) is 5. The highest BCUT2D eigenvalue weighted by Crippen LogP contribution is 2.22. The molecule has 0 aliphatic carbocycles. The number of H-pyrrole nitrogens is 2. The van der Waals surface area contributed by atoms with Crippen LogP contribution < -0.4 is 37.2 Å². The molecule has 2 aromatic heterocycles. The molecular formula is C30H39N11O3. The third-order valence-corrected chi connectivity index (χ3v) is 6.81. The summed E-state index contributed by atoms with van der Waals surface area (Å²) >= 11 is 0. The van der Waals surface area contributed by atoms with Gasteiger partial charge in [0.1, 0.15) is 11.4 Å². The maximum absolute atomic E-state index is 13.1. The number of hydrogen-bond donors (Lipinski definition) is 9. The van der Waals surface area contributed by atoms with E-state index < -0.39 is 0 Å². The highest BCUT2D eigenvalue weighted by molar-refractivity contribution is 6.08. The second-order valence-electron chi connectivity index (χ2n) is 9.79. The molecule has 0 aliphatic rings. The van der Waals surface area contributed by atoms with Crippen LogP contribution in [0.3, 0.4) is 0 Å². The number of rotatable bonds is 11. The van der Waals surface area contributed by atoms with E-state index in [2.05, 4.69) is 57.2 Å². The highest BCUT2D eigenvalue weighted by Gasteiger charge is 2.14. The number of fused-ring (bicyclic) bond motifs is 2. The highest BCUT2D eigenvalue weighted by atomic mass is 16.2. The number of benzene rings is 2. The fourth-order valence-electron chi connectivity index (χ4n) is 4.54. The minimum Gasteiger partial charge on any atom is -0.359 e. The van der Waals surface area contributed by atoms with Crippen LogP contribution in [0.25, 0.3) is 21.8 Å². The average molecular weight is 602 g/mol. The van der Waals surface area contributed by atoms with Crippen molar-refractivity contribution in [2.45, 2.75) is 6.42 Å². The van der Waals surface area contributed by atoms with Gasteiger partial charge in [-0.15, -0.1) is 0 Å². The summed E-state index contributed by atoms with van der Waals surface area (Å²) in [6.45, 7) is 2.11. The molecule has 0 spiro atoms. The standard InChI is InChI=1S/C30H39N11O3/c1-31-29(32-2)37-11-5-10-35-27(43)24-17-20-15-21(7-9-23(20)40-24)39-28(44)25-16-19-14-18(6-8-22(19)41-25)26(42)36-12-13-38-30(33-3)34-4/h6-9,14-17,40-41H,5,10-13H2,1-4H3,(H,35,43)(H,36,42)(H,39,44)(H2,31,32,37)(H2,33,34,38). The first-order chi connectivity index (χ1) is 21.3. The van der Waals surface area contributed by atoms with E-state index in [0.29, 0.717) is 60.7 Å². The summed E-state index contributed by atoms with van der Waals surface area (Å²) in [7, 11) is 6.92. The van der Waals surface area contributed by atoms with Gasteiger partial charge in [0.05, 0.1) is 0 Å². The lowest BCUT2D eigenvalue weighted by Gasteiger charge is -2.09. The van der Waals surface area contributed by atoms with Gasteiger partial charge in [0.15, 0.2) is 11.9 Å². The summed E-state index contributed by atoms with van der Waals surface area (Å²) < 4.78 is 0. The van der Waals surface area contributed by atoms with E-state index in [4.69, 9.17) is 0 Å². The van der Waals surface area contributed by atoms with Crippen molar-refractivity contribution in [3.63, 3.8) is 0 Å². The van der Waals surface area contributed by atoms with Crippen LogP contribution in [0.5, 0.6) is 0 Å². The normalized spacial score (nSPS) is 11.7. The number of carbonyl (C=O) groups is 3. The number of anilines is 1. The number of guanidine groups is 2. The molecule has 0 aliphatic heterocycles. The molecular weight excluding hydrogens is 562 g/mol. The molecule has 0 saturated carbocycles. The van der Waals surface area contributed by atoms with E-state index in [-0.39, 0.29) is 17.7 Å². The quantitative estimate of drug-likeness (QED) is 0.0704. The van der Waals surface area contributed by atoms with Crippen molar-refractivity contribution in [1.82, 2.24) is 41.9 Å². The lowest BCUT2D eigenvalue weighted by atomic mass is 10.1. The van der Waals surface area contributed by atoms with Crippen molar-refractivity contribution in [1.29, 1.82) is 0 Å². The SMILES string of the molecule is CN=C(NC)NCCCNC(=O)c1cc2cc(NC(=O)c3cc4cc(C(=O)NCCNC(=NC)NC)ccc4[nH]3)ccc2[nH]1. The van der Waals surface area contributed by atoms with Gasteiger partial charge in [-0.05, 0) is 55.0 Å². The first-order valence-electron chi connectivity index (χ1n) is 14.2. The van der Waals surface area contributed by atoms with Crippen molar-refractivity contribution < 1.29 is 14.4 Å². The molecule has 44 heavy (non-hydrogen) atoms. The molecule has 0 radical (unpaired) electrons. The topological polar surface area (TPSA) is 192 Å². The second kappa shape index (κ2) is 15.1. The molecule has 0 unspecified atom stereocenters. The molecule has 2 heterocycles. The van der Waals surface area contributed by atoms with Crippen molar-refractivity contribution in [3.05, 3.63) is 65.5 Å². The summed E-state index contributed by atoms with van der Waals surface area (Å²) in [5.41, 5.74) is 3.38. The van der Waals surface area contributed by atoms with E-state index in [1.54, 1.807) is 70.7 Å². The number of aromatic amines is 2. The molecule has 0 saturated heterocycles. The van der Waals surface area contributed by atoms with Gasteiger partial charge in [-0.25, -0.2) is 0 Å². The Labute approximate surface area is 255 Å². The molecule has 2 aromatic carbocycles. The lowest BCUT2D eigenvalue weighted by molar-refractivity contribution is 0.0943. The molecule has 4 rings (SSSR count). The summed E-state index contributed by atoms with van der Waals surface area (Å²) in [6, 6.07) is 14.1. The first kappa shape index (κ1) is 31.4. The molecule has 0 bridgehead atoms. The number of amides is 3. The second-order valence-corrected chi connectivity index (χ2v) is 9.79. The fraction of sp³-hybridized carbons (Fsp3) is 0.300. The third kappa shape index (κ3) is 8.06. The first-order valence-corrected chi connectivity index (χ1v) is 14.2. The summed E-state index contributed by atoms with van der Waals surface area (Å²) in [5, 5.41) is 22.3. The van der Waals surface area contributed by atoms with Crippen LogP contribution in [0.4, 0.5) is 5.69 Å². The molecule has 232 valence electrons. The van der Waals surface area contributed by atoms with Gasteiger partial charge >= 0.3 is 0 Å². The Kier molecular flexibility index (Phi) is 10.8. The molecule has 14 nitrogen and oxygen atoms in total. The predicted molar refractivity (Wildman–Crippen MR) is 175 cm³/mol. The van der Waals surface area contributed by atoms with E-state index in [1.165, 1.54) is 0 Å². The zero-order valence-electron chi connectivity index (χ0n) is 25.3. The van der Waals surface area contributed by atoms with Crippen molar-refractivity contribution in [3.8, 4) is 0 Å². The molecule has 14 heteroatoms. The Balaban J connectivity index is 1.32. The Morgan fingerprint density at radius 1 is 0.636 bits per heavy atom. The van der Waals surface area contributed by atoms with Crippen LogP contribution >= 0.6 is 0 Å². The fourth-order valence-corrected chi connectivity index (χ4v) is 4.54. The maximum Gasteiger partial charge on any atom is 0.272 e. The van der Waals surface area contributed by atoms with E-state index in [0.717, 1.165) is 28.2 Å². The van der Waals surface area contributed by atoms with Gasteiger partial charge in [0.2, 0.25) is 0 Å². The van der Waals surface area contributed by atoms with Gasteiger partial charge < -0.3 is 47.2 Å². The average Bonchev–Trinajstić information content (AvgIpc) is 3.67. The van der Waals surface area contributed by atoms with E-state index in [1.807, 2.05) is 6.07 Å². The maximum atomic E-state index is 13.1. The zero-order chi connectivity index (χ0) is 31.5. The van der Waals surface area contributed by atoms with Gasteiger partial charge in [-0.2, -0.15) is 0 Å². The van der Waals surface area contributed by atoms with Crippen LogP contribution in [0.15, 0.2) is 58.5 Å². The Hall–Kier alpha value is -5.53. The van der Waals surface area contributed by atoms with Crippen LogP contribution in [0.2, 0.25) is 0 Å². The van der Waals surface area contributed by atoms with Crippen LogP contribution in [0, 0.1) is 0 Å². The van der Waals surface area contributed by atoms with Gasteiger partial charge in [0.25, 0.3) is 17.7 Å². The smallest absolute Gasteiger partial charge is 0.272 e. The Morgan fingerprint density at radius 3 is 1.84 bits per heavy atom. The molecule has 0 fully saturated rings. The van der Waals surface area contributed by atoms with Gasteiger partial charge in [0, 0.05) is 87.4 Å². The molecule has 3 amide bonds. The number of carbonyl (C=O) groups excluding carboxylic acids is 3. The number of aromatic nitrogens is 2. The lowest BCUT2D eigenvalue weighted by Crippen LogP contribution is -2.39. The van der Waals surface area contributed by atoms with Crippen molar-refractivity contribution >= 4 is 57.1 Å². The summed E-state index contributed by atoms with van der Waals surface area (Å²) in [5.74, 6) is 0.588. The van der Waals surface area contributed by atoms with Crippen molar-refractivity contribution in [2.75, 3.05) is 59.7 Å². The minimum absolute atomic E-state index is 0.207. The van der Waals surface area contributed by atoms with Gasteiger partial charge in [-0.1, -0.05) is 0 Å². The molecule has 9 N–H and O–H groups in total. The van der Waals surface area contributed by atoms with Crippen LogP contribution in [-0.4, -0.2) is 94.0 Å². The Morgan fingerprint density at radius 2 is 1.18 bits per heavy atom. The van der Waals surface area contributed by atoms with Crippen LogP contribution in [-0.2, 0) is 0 Å². The monoisotopic (exact) mass is 601 g/mol. The van der Waals surface area contributed by atoms with E-state index >= 15 is 0 Å². The zero-order valence-corrected chi connectivity index (χ0v) is 25.3. The Bertz CT molecular complexity index is 1690. The molecule has 0 atom stereocenters. The third-order valence-electron chi connectivity index (χ3n) is 6.81. The minimum atomic E-state index is -0.327. The van der Waals surface area contributed by atoms with Gasteiger partial charge in [-0.3, -0.25) is 24.4 Å². The van der Waals surface area contributed by atoms with E-state index in [9.17, 15) is 14.4 Å². The largest absolute Gasteiger partial charge is 0.359 e. The van der Waals surface area contributed by atoms with Crippen molar-refractivity contribution in [2.24, 2.45) is 9.98 Å². The summed E-state index contributed by atoms with van der Waals surface area (Å²) in [6.07, 6.45) is 0.732. The number of nitrogens with zero attached hydrogens (tertiary/aromatic N) is 2.